The van der Waals surface area contributed by atoms with Gasteiger partial charge in [0.1, 0.15) is 23.0 Å². The van der Waals surface area contributed by atoms with E-state index in [1.807, 2.05) is 60.7 Å². The molecule has 0 radical (unpaired) electrons. The molecule has 0 N–H and O–H groups in total. The predicted molar refractivity (Wildman–Crippen MR) is 183 cm³/mol. The highest BCUT2D eigenvalue weighted by molar-refractivity contribution is 5.39. The van der Waals surface area contributed by atoms with Crippen molar-refractivity contribution in [3.8, 4) is 23.0 Å². The Labute approximate surface area is 262 Å². The van der Waals surface area contributed by atoms with Gasteiger partial charge in [0.2, 0.25) is 0 Å². The maximum Gasteiger partial charge on any atom is 0.127 e. The fraction of sp³-hybridized carbons (Fsp3) is 0.143. The standard InChI is InChI=1S/C27H24O2.C15H16/c1-20-5-3-7-26(17-20)28-24-13-9-22(10-14-24)19-23-11-15-25(16-12-23)29-27-8-4-6-21(2)18-27;1-12-3-7-14(8-4-12)11-15-9-5-13(2)6-10-15/h3-18H,19H2,1-2H3;3-10H,11H2,1-2H3. The molecule has 0 unspecified atom stereocenters. The molecule has 0 saturated heterocycles. The number of benzene rings is 6. The van der Waals surface area contributed by atoms with Crippen molar-refractivity contribution >= 4 is 0 Å². The van der Waals surface area contributed by atoms with Gasteiger partial charge in [-0.25, -0.2) is 0 Å². The Kier molecular flexibility index (Phi) is 10.3. The largest absolute Gasteiger partial charge is 0.457 e. The van der Waals surface area contributed by atoms with E-state index in [0.717, 1.165) is 35.8 Å². The van der Waals surface area contributed by atoms with Crippen LogP contribution in [0.2, 0.25) is 0 Å². The molecule has 0 spiro atoms. The summed E-state index contributed by atoms with van der Waals surface area (Å²) >= 11 is 0. The van der Waals surface area contributed by atoms with E-state index < -0.39 is 0 Å². The monoisotopic (exact) mass is 576 g/mol. The van der Waals surface area contributed by atoms with Gasteiger partial charge in [-0.1, -0.05) is 108 Å². The van der Waals surface area contributed by atoms with Crippen LogP contribution in [0.5, 0.6) is 23.0 Å². The Morgan fingerprint density at radius 3 is 0.955 bits per heavy atom. The van der Waals surface area contributed by atoms with Crippen LogP contribution in [-0.4, -0.2) is 0 Å². The second-order valence-electron chi connectivity index (χ2n) is 11.4. The molecule has 6 rings (SSSR count). The van der Waals surface area contributed by atoms with Crippen LogP contribution < -0.4 is 9.47 Å². The van der Waals surface area contributed by atoms with Crippen molar-refractivity contribution in [2.75, 3.05) is 0 Å². The predicted octanol–water partition coefficient (Wildman–Crippen LogP) is 11.4. The van der Waals surface area contributed by atoms with Crippen LogP contribution in [0.4, 0.5) is 0 Å². The van der Waals surface area contributed by atoms with Crippen molar-refractivity contribution in [1.82, 2.24) is 0 Å². The Morgan fingerprint density at radius 2 is 0.636 bits per heavy atom. The van der Waals surface area contributed by atoms with Gasteiger partial charge in [0.05, 0.1) is 0 Å². The van der Waals surface area contributed by atoms with E-state index in [9.17, 15) is 0 Å². The first-order valence-electron chi connectivity index (χ1n) is 15.2. The van der Waals surface area contributed by atoms with Gasteiger partial charge in [0.25, 0.3) is 0 Å². The maximum atomic E-state index is 5.93. The van der Waals surface area contributed by atoms with E-state index in [1.54, 1.807) is 0 Å². The molecule has 0 saturated carbocycles. The molecule has 0 heterocycles. The lowest BCUT2D eigenvalue weighted by atomic mass is 10.0. The van der Waals surface area contributed by atoms with Gasteiger partial charge in [-0.15, -0.1) is 0 Å². The molecule has 6 aromatic carbocycles. The van der Waals surface area contributed by atoms with Gasteiger partial charge in [-0.3, -0.25) is 0 Å². The van der Waals surface area contributed by atoms with E-state index in [4.69, 9.17) is 9.47 Å². The normalized spacial score (nSPS) is 10.5. The molecule has 0 aliphatic rings. The second kappa shape index (κ2) is 14.9. The first kappa shape index (κ1) is 30.4. The van der Waals surface area contributed by atoms with Crippen molar-refractivity contribution in [1.29, 1.82) is 0 Å². The molecule has 0 fully saturated rings. The van der Waals surface area contributed by atoms with Crippen LogP contribution in [-0.2, 0) is 12.8 Å². The van der Waals surface area contributed by atoms with Gasteiger partial charge >= 0.3 is 0 Å². The molecule has 220 valence electrons. The van der Waals surface area contributed by atoms with Crippen LogP contribution in [0.3, 0.4) is 0 Å². The fourth-order valence-corrected chi connectivity index (χ4v) is 4.86. The zero-order valence-electron chi connectivity index (χ0n) is 26.1. The fourth-order valence-electron chi connectivity index (χ4n) is 4.86. The number of hydrogen-bond acceptors (Lipinski definition) is 2. The lowest BCUT2D eigenvalue weighted by Crippen LogP contribution is -1.90. The Hall–Kier alpha value is -5.08. The van der Waals surface area contributed by atoms with Gasteiger partial charge in [-0.2, -0.15) is 0 Å². The molecule has 6 aromatic rings. The van der Waals surface area contributed by atoms with E-state index in [-0.39, 0.29) is 0 Å². The molecule has 44 heavy (non-hydrogen) atoms. The van der Waals surface area contributed by atoms with Crippen molar-refractivity contribution in [2.24, 2.45) is 0 Å². The highest BCUT2D eigenvalue weighted by Crippen LogP contribution is 2.25. The maximum absolute atomic E-state index is 5.93. The third-order valence-electron chi connectivity index (χ3n) is 7.35. The molecule has 0 atom stereocenters. The summed E-state index contributed by atoms with van der Waals surface area (Å²) in [6.45, 7) is 8.37. The van der Waals surface area contributed by atoms with Gasteiger partial charge in [0, 0.05) is 0 Å². The molecule has 0 aliphatic heterocycles. The van der Waals surface area contributed by atoms with Crippen LogP contribution in [0.15, 0.2) is 146 Å². The first-order chi connectivity index (χ1) is 21.4. The number of hydrogen-bond donors (Lipinski definition) is 0. The quantitative estimate of drug-likeness (QED) is 0.179. The minimum Gasteiger partial charge on any atom is -0.457 e. The summed E-state index contributed by atoms with van der Waals surface area (Å²) in [6.07, 6.45) is 1.90. The molecule has 0 bridgehead atoms. The van der Waals surface area contributed by atoms with Gasteiger partial charge in [-0.05, 0) is 122 Å². The first-order valence-corrected chi connectivity index (χ1v) is 15.2. The Balaban J connectivity index is 0.000000215. The van der Waals surface area contributed by atoms with Crippen molar-refractivity contribution < 1.29 is 9.47 Å². The molecule has 0 amide bonds. The summed E-state index contributed by atoms with van der Waals surface area (Å²) in [5.41, 5.74) is 10.3. The van der Waals surface area contributed by atoms with Gasteiger partial charge < -0.3 is 9.47 Å². The summed E-state index contributed by atoms with van der Waals surface area (Å²) in [7, 11) is 0. The smallest absolute Gasteiger partial charge is 0.127 e. The highest BCUT2D eigenvalue weighted by atomic mass is 16.5. The molecule has 2 heteroatoms. The summed E-state index contributed by atoms with van der Waals surface area (Å²) in [6, 6.07) is 50.2. The van der Waals surface area contributed by atoms with E-state index in [2.05, 4.69) is 113 Å². The Morgan fingerprint density at radius 1 is 0.318 bits per heavy atom. The third-order valence-corrected chi connectivity index (χ3v) is 7.35. The van der Waals surface area contributed by atoms with Crippen LogP contribution in [0.1, 0.15) is 44.5 Å². The number of ether oxygens (including phenoxy) is 2. The van der Waals surface area contributed by atoms with Crippen LogP contribution in [0, 0.1) is 27.7 Å². The second-order valence-corrected chi connectivity index (χ2v) is 11.4. The summed E-state index contributed by atoms with van der Waals surface area (Å²) in [5.74, 6) is 3.42. The molecule has 0 aliphatic carbocycles. The lowest BCUT2D eigenvalue weighted by Gasteiger charge is -2.09. The van der Waals surface area contributed by atoms with E-state index in [1.165, 1.54) is 44.5 Å². The van der Waals surface area contributed by atoms with E-state index in [0.29, 0.717) is 0 Å². The number of rotatable bonds is 8. The SMILES string of the molecule is Cc1ccc(Cc2ccc(C)cc2)cc1.Cc1cccc(Oc2ccc(Cc3ccc(Oc4cccc(C)c4)cc3)cc2)c1. The minimum absolute atomic E-state index is 0.848. The zero-order chi connectivity index (χ0) is 30.7. The minimum atomic E-state index is 0.848. The molecular weight excluding hydrogens is 536 g/mol. The molecular formula is C42H40O2. The Bertz CT molecular complexity index is 1620. The van der Waals surface area contributed by atoms with Crippen molar-refractivity contribution in [3.05, 3.63) is 190 Å². The topological polar surface area (TPSA) is 18.5 Å². The zero-order valence-corrected chi connectivity index (χ0v) is 26.1. The molecule has 2 nitrogen and oxygen atoms in total. The summed E-state index contributed by atoms with van der Waals surface area (Å²) in [4.78, 5) is 0. The van der Waals surface area contributed by atoms with Crippen LogP contribution in [0.25, 0.3) is 0 Å². The molecule has 0 aromatic heterocycles. The van der Waals surface area contributed by atoms with Crippen molar-refractivity contribution in [2.45, 2.75) is 40.5 Å². The highest BCUT2D eigenvalue weighted by Gasteiger charge is 2.02. The third kappa shape index (κ3) is 9.47. The van der Waals surface area contributed by atoms with E-state index >= 15 is 0 Å². The van der Waals surface area contributed by atoms with Gasteiger partial charge in [0.15, 0.2) is 0 Å². The van der Waals surface area contributed by atoms with Crippen molar-refractivity contribution in [3.63, 3.8) is 0 Å². The lowest BCUT2D eigenvalue weighted by molar-refractivity contribution is 0.482. The average Bonchev–Trinajstić information content (AvgIpc) is 3.02. The average molecular weight is 577 g/mol. The summed E-state index contributed by atoms with van der Waals surface area (Å²) < 4.78 is 11.9. The number of aryl methyl sites for hydroxylation is 4. The summed E-state index contributed by atoms with van der Waals surface area (Å²) in [5, 5.41) is 0. The van der Waals surface area contributed by atoms with Crippen LogP contribution >= 0.6 is 0 Å².